The van der Waals surface area contributed by atoms with Crippen molar-refractivity contribution in [2.75, 3.05) is 13.6 Å². The molecule has 0 bridgehead atoms. The molecule has 2 aromatic rings. The fourth-order valence-electron chi connectivity index (χ4n) is 2.25. The first kappa shape index (κ1) is 17.1. The largest absolute Gasteiger partial charge is 0.366 e. The quantitative estimate of drug-likeness (QED) is 0.589. The van der Waals surface area contributed by atoms with Gasteiger partial charge >= 0.3 is 0 Å². The van der Waals surface area contributed by atoms with E-state index in [0.29, 0.717) is 10.6 Å². The number of rotatable bonds is 5. The van der Waals surface area contributed by atoms with Crippen molar-refractivity contribution in [3.8, 4) is 6.07 Å². The number of nitrogens with zero attached hydrogens (tertiary/aromatic N) is 3. The molecule has 0 fully saturated rings. The molecule has 23 heavy (non-hydrogen) atoms. The number of nitriles is 1. The maximum Gasteiger partial charge on any atom is 0.0991 e. The topological polar surface area (TPSA) is 39.4 Å². The molecule has 0 amide bonds. The van der Waals surface area contributed by atoms with E-state index in [4.69, 9.17) is 16.9 Å². The molecule has 0 unspecified atom stereocenters. The standard InChI is InChI=1S/C19H20ClN3/c1-4-23(3)13-22-19-11-18(20)10-17(14(19)2)9-15-6-5-7-16(8-15)12-21/h5-8,10-11,13H,4,9H2,1-3H3/b22-13-. The molecule has 2 aromatic carbocycles. The van der Waals surface area contributed by atoms with Crippen LogP contribution in [0.4, 0.5) is 5.69 Å². The number of aliphatic imine (C=N–C) groups is 1. The van der Waals surface area contributed by atoms with Crippen LogP contribution in [0.3, 0.4) is 0 Å². The molecular formula is C19H20ClN3. The summed E-state index contributed by atoms with van der Waals surface area (Å²) in [5, 5.41) is 9.70. The van der Waals surface area contributed by atoms with Crippen LogP contribution in [0.5, 0.6) is 0 Å². The molecule has 0 aliphatic rings. The smallest absolute Gasteiger partial charge is 0.0991 e. The number of hydrogen-bond acceptors (Lipinski definition) is 2. The maximum atomic E-state index is 9.02. The first-order valence-electron chi connectivity index (χ1n) is 7.56. The van der Waals surface area contributed by atoms with E-state index in [1.807, 2.05) is 54.7 Å². The summed E-state index contributed by atoms with van der Waals surface area (Å²) in [6.45, 7) is 5.03. The molecule has 4 heteroatoms. The molecule has 0 aliphatic carbocycles. The van der Waals surface area contributed by atoms with E-state index in [1.54, 1.807) is 0 Å². The Morgan fingerprint density at radius 2 is 2.09 bits per heavy atom. The number of halogens is 1. The highest BCUT2D eigenvalue weighted by molar-refractivity contribution is 6.31. The first-order chi connectivity index (χ1) is 11.0. The van der Waals surface area contributed by atoms with Gasteiger partial charge in [0, 0.05) is 18.6 Å². The Hall–Kier alpha value is -2.31. The van der Waals surface area contributed by atoms with Crippen molar-refractivity contribution < 1.29 is 0 Å². The molecule has 0 spiro atoms. The highest BCUT2D eigenvalue weighted by atomic mass is 35.5. The Labute approximate surface area is 142 Å². The van der Waals surface area contributed by atoms with Gasteiger partial charge in [-0.05, 0) is 61.2 Å². The maximum absolute atomic E-state index is 9.02. The molecular weight excluding hydrogens is 306 g/mol. The minimum atomic E-state index is 0.671. The SMILES string of the molecule is CCN(C)/C=N\c1cc(Cl)cc(Cc2cccc(C#N)c2)c1C. The van der Waals surface area contributed by atoms with Crippen molar-refractivity contribution in [2.45, 2.75) is 20.3 Å². The third kappa shape index (κ3) is 4.58. The predicted molar refractivity (Wildman–Crippen MR) is 96.6 cm³/mol. The van der Waals surface area contributed by atoms with Crippen molar-refractivity contribution >= 4 is 23.6 Å². The zero-order valence-electron chi connectivity index (χ0n) is 13.7. The second-order valence-corrected chi connectivity index (χ2v) is 5.95. The lowest BCUT2D eigenvalue weighted by molar-refractivity contribution is 0.552. The van der Waals surface area contributed by atoms with Crippen LogP contribution >= 0.6 is 11.6 Å². The molecule has 3 nitrogen and oxygen atoms in total. The van der Waals surface area contributed by atoms with Gasteiger partial charge in [-0.25, -0.2) is 4.99 Å². The van der Waals surface area contributed by atoms with Crippen LogP contribution in [0.25, 0.3) is 0 Å². The van der Waals surface area contributed by atoms with Crippen LogP contribution in [0.1, 0.15) is 29.2 Å². The van der Waals surface area contributed by atoms with E-state index in [-0.39, 0.29) is 0 Å². The molecule has 0 radical (unpaired) electrons. The minimum absolute atomic E-state index is 0.671. The first-order valence-corrected chi connectivity index (χ1v) is 7.93. The molecule has 0 aromatic heterocycles. The highest BCUT2D eigenvalue weighted by Gasteiger charge is 2.07. The van der Waals surface area contributed by atoms with Crippen molar-refractivity contribution in [3.63, 3.8) is 0 Å². The van der Waals surface area contributed by atoms with Gasteiger partial charge in [-0.1, -0.05) is 23.7 Å². The normalized spacial score (nSPS) is 10.7. The molecule has 0 aliphatic heterocycles. The molecule has 0 heterocycles. The van der Waals surface area contributed by atoms with Gasteiger partial charge in [0.1, 0.15) is 0 Å². The second-order valence-electron chi connectivity index (χ2n) is 5.52. The van der Waals surface area contributed by atoms with Crippen LogP contribution in [-0.4, -0.2) is 24.8 Å². The fourth-order valence-corrected chi connectivity index (χ4v) is 2.49. The zero-order chi connectivity index (χ0) is 16.8. The molecule has 0 saturated carbocycles. The summed E-state index contributed by atoms with van der Waals surface area (Å²) in [6, 6.07) is 13.7. The van der Waals surface area contributed by atoms with Crippen molar-refractivity contribution in [2.24, 2.45) is 4.99 Å². The van der Waals surface area contributed by atoms with Crippen LogP contribution < -0.4 is 0 Å². The fraction of sp³-hybridized carbons (Fsp3) is 0.263. The lowest BCUT2D eigenvalue weighted by Crippen LogP contribution is -2.14. The second kappa shape index (κ2) is 7.80. The Balaban J connectivity index is 2.34. The molecule has 0 N–H and O–H groups in total. The van der Waals surface area contributed by atoms with E-state index in [9.17, 15) is 0 Å². The van der Waals surface area contributed by atoms with E-state index in [1.165, 1.54) is 0 Å². The van der Waals surface area contributed by atoms with Gasteiger partial charge in [0.15, 0.2) is 0 Å². The van der Waals surface area contributed by atoms with Gasteiger partial charge in [0.2, 0.25) is 0 Å². The summed E-state index contributed by atoms with van der Waals surface area (Å²) in [5.41, 5.74) is 4.88. The summed E-state index contributed by atoms with van der Waals surface area (Å²) >= 11 is 6.26. The lowest BCUT2D eigenvalue weighted by Gasteiger charge is -2.12. The Morgan fingerprint density at radius 1 is 1.30 bits per heavy atom. The van der Waals surface area contributed by atoms with E-state index in [2.05, 4.69) is 24.9 Å². The molecule has 118 valence electrons. The third-order valence-corrected chi connectivity index (χ3v) is 4.01. The van der Waals surface area contributed by atoms with E-state index in [0.717, 1.165) is 35.3 Å². The predicted octanol–water partition coefficient (Wildman–Crippen LogP) is 4.72. The van der Waals surface area contributed by atoms with Crippen molar-refractivity contribution in [3.05, 3.63) is 63.7 Å². The summed E-state index contributed by atoms with van der Waals surface area (Å²) in [5.74, 6) is 0. The lowest BCUT2D eigenvalue weighted by atomic mass is 9.98. The van der Waals surface area contributed by atoms with Crippen LogP contribution in [0.2, 0.25) is 5.02 Å². The van der Waals surface area contributed by atoms with Crippen molar-refractivity contribution in [1.82, 2.24) is 4.90 Å². The van der Waals surface area contributed by atoms with Gasteiger partial charge in [-0.2, -0.15) is 5.26 Å². The van der Waals surface area contributed by atoms with E-state index >= 15 is 0 Å². The summed E-state index contributed by atoms with van der Waals surface area (Å²) < 4.78 is 0. The minimum Gasteiger partial charge on any atom is -0.366 e. The van der Waals surface area contributed by atoms with Crippen LogP contribution in [0.15, 0.2) is 41.4 Å². The Kier molecular flexibility index (Phi) is 5.78. The molecule has 0 saturated heterocycles. The average Bonchev–Trinajstić information content (AvgIpc) is 2.56. The highest BCUT2D eigenvalue weighted by Crippen LogP contribution is 2.28. The van der Waals surface area contributed by atoms with Crippen LogP contribution in [0, 0.1) is 18.3 Å². The van der Waals surface area contributed by atoms with E-state index < -0.39 is 0 Å². The van der Waals surface area contributed by atoms with Crippen molar-refractivity contribution in [1.29, 1.82) is 5.26 Å². The van der Waals surface area contributed by atoms with Crippen LogP contribution in [-0.2, 0) is 6.42 Å². The Bertz CT molecular complexity index is 760. The monoisotopic (exact) mass is 325 g/mol. The molecule has 2 rings (SSSR count). The third-order valence-electron chi connectivity index (χ3n) is 3.80. The summed E-state index contributed by atoms with van der Waals surface area (Å²) in [6.07, 6.45) is 2.55. The summed E-state index contributed by atoms with van der Waals surface area (Å²) in [4.78, 5) is 6.55. The Morgan fingerprint density at radius 3 is 2.78 bits per heavy atom. The van der Waals surface area contributed by atoms with Gasteiger partial charge in [-0.15, -0.1) is 0 Å². The molecule has 0 atom stereocenters. The average molecular weight is 326 g/mol. The number of benzene rings is 2. The van der Waals surface area contributed by atoms with Gasteiger partial charge < -0.3 is 4.90 Å². The van der Waals surface area contributed by atoms with Gasteiger partial charge in [0.25, 0.3) is 0 Å². The van der Waals surface area contributed by atoms with Gasteiger partial charge in [0.05, 0.1) is 23.7 Å². The zero-order valence-corrected chi connectivity index (χ0v) is 14.4. The number of hydrogen-bond donors (Lipinski definition) is 0. The van der Waals surface area contributed by atoms with Gasteiger partial charge in [-0.3, -0.25) is 0 Å². The summed E-state index contributed by atoms with van der Waals surface area (Å²) in [7, 11) is 1.98.